The molecule has 0 fully saturated rings. The summed E-state index contributed by atoms with van der Waals surface area (Å²) in [5.41, 5.74) is 4.31. The maximum atomic E-state index is 11.9. The first kappa shape index (κ1) is 11.3. The molecule has 4 heteroatoms. The van der Waals surface area contributed by atoms with Crippen LogP contribution in [-0.4, -0.2) is 25.5 Å². The van der Waals surface area contributed by atoms with Crippen LogP contribution in [0.4, 0.5) is 5.69 Å². The van der Waals surface area contributed by atoms with Gasteiger partial charge >= 0.3 is 5.97 Å². The summed E-state index contributed by atoms with van der Waals surface area (Å²) in [7, 11) is 1.39. The number of amides is 1. The highest BCUT2D eigenvalue weighted by atomic mass is 16.5. The molecule has 0 saturated carbocycles. The molecule has 0 bridgehead atoms. The summed E-state index contributed by atoms with van der Waals surface area (Å²) < 4.78 is 4.69. The summed E-state index contributed by atoms with van der Waals surface area (Å²) in [6.07, 6.45) is 2.74. The van der Waals surface area contributed by atoms with Gasteiger partial charge in [0.1, 0.15) is 0 Å². The Morgan fingerprint density at radius 3 is 2.94 bits per heavy atom. The third-order valence-corrected chi connectivity index (χ3v) is 3.64. The molecule has 0 aliphatic carbocycles. The van der Waals surface area contributed by atoms with Gasteiger partial charge < -0.3 is 9.64 Å². The summed E-state index contributed by atoms with van der Waals surface area (Å²) >= 11 is 0. The molecule has 0 N–H and O–H groups in total. The molecular weight excluding hydrogens is 230 g/mol. The summed E-state index contributed by atoms with van der Waals surface area (Å²) in [6.45, 7) is 0.829. The molecule has 0 radical (unpaired) electrons. The number of hydrogen-bond donors (Lipinski definition) is 0. The number of anilines is 1. The number of ether oxygens (including phenoxy) is 1. The second kappa shape index (κ2) is 4.12. The molecule has 3 rings (SSSR count). The van der Waals surface area contributed by atoms with E-state index in [4.69, 9.17) is 0 Å². The number of carbonyl (C=O) groups excluding carboxylic acids is 2. The fourth-order valence-electron chi connectivity index (χ4n) is 2.89. The van der Waals surface area contributed by atoms with Crippen LogP contribution in [0.25, 0.3) is 0 Å². The lowest BCUT2D eigenvalue weighted by atomic mass is 9.96. The number of aryl methyl sites for hydroxylation is 1. The van der Waals surface area contributed by atoms with E-state index in [0.29, 0.717) is 6.42 Å². The van der Waals surface area contributed by atoms with E-state index in [-0.39, 0.29) is 18.3 Å². The van der Waals surface area contributed by atoms with Crippen molar-refractivity contribution in [1.82, 2.24) is 0 Å². The predicted molar refractivity (Wildman–Crippen MR) is 66.5 cm³/mol. The van der Waals surface area contributed by atoms with Crippen molar-refractivity contribution in [3.63, 3.8) is 0 Å². The van der Waals surface area contributed by atoms with Crippen LogP contribution in [0.2, 0.25) is 0 Å². The van der Waals surface area contributed by atoms with Crippen molar-refractivity contribution < 1.29 is 14.3 Å². The van der Waals surface area contributed by atoms with Crippen molar-refractivity contribution in [2.45, 2.75) is 25.7 Å². The molecule has 2 aliphatic heterocycles. The van der Waals surface area contributed by atoms with Crippen molar-refractivity contribution in [3.8, 4) is 0 Å². The molecule has 0 saturated heterocycles. The Balaban J connectivity index is 2.01. The van der Waals surface area contributed by atoms with Crippen LogP contribution in [0, 0.1) is 0 Å². The van der Waals surface area contributed by atoms with Gasteiger partial charge in [0.25, 0.3) is 0 Å². The quantitative estimate of drug-likeness (QED) is 0.736. The number of nitrogens with zero attached hydrogens (tertiary/aromatic N) is 1. The van der Waals surface area contributed by atoms with Gasteiger partial charge in [-0.25, -0.2) is 0 Å². The third-order valence-electron chi connectivity index (χ3n) is 3.64. The molecule has 0 aromatic heterocycles. The maximum Gasteiger partial charge on any atom is 0.309 e. The first-order valence-electron chi connectivity index (χ1n) is 6.21. The second-order valence-electron chi connectivity index (χ2n) is 4.84. The summed E-state index contributed by atoms with van der Waals surface area (Å²) in [5.74, 6) is -0.0553. The van der Waals surface area contributed by atoms with Gasteiger partial charge in [0, 0.05) is 6.54 Å². The first-order valence-corrected chi connectivity index (χ1v) is 6.21. The van der Waals surface area contributed by atoms with Crippen molar-refractivity contribution >= 4 is 17.6 Å². The van der Waals surface area contributed by atoms with Crippen LogP contribution in [0.15, 0.2) is 12.1 Å². The molecule has 2 aliphatic rings. The largest absolute Gasteiger partial charge is 0.469 e. The zero-order valence-corrected chi connectivity index (χ0v) is 10.4. The topological polar surface area (TPSA) is 46.6 Å². The minimum atomic E-state index is -0.237. The van der Waals surface area contributed by atoms with Crippen LogP contribution in [0.1, 0.15) is 23.1 Å². The lowest BCUT2D eigenvalue weighted by Gasteiger charge is -2.25. The lowest BCUT2D eigenvalue weighted by molar-refractivity contribution is -0.139. The van der Waals surface area contributed by atoms with Crippen molar-refractivity contribution in [1.29, 1.82) is 0 Å². The van der Waals surface area contributed by atoms with Gasteiger partial charge in [0.05, 0.1) is 25.6 Å². The van der Waals surface area contributed by atoms with Crippen LogP contribution in [0.5, 0.6) is 0 Å². The molecule has 1 aromatic rings. The Kier molecular flexibility index (Phi) is 2.58. The minimum Gasteiger partial charge on any atom is -0.469 e. The fraction of sp³-hybridized carbons (Fsp3) is 0.429. The van der Waals surface area contributed by atoms with Gasteiger partial charge in [-0.05, 0) is 29.5 Å². The summed E-state index contributed by atoms with van der Waals surface area (Å²) in [6, 6.07) is 4.01. The van der Waals surface area contributed by atoms with Gasteiger partial charge in [-0.2, -0.15) is 0 Å². The van der Waals surface area contributed by atoms with E-state index >= 15 is 0 Å². The Hall–Kier alpha value is -1.84. The zero-order valence-electron chi connectivity index (χ0n) is 10.4. The number of esters is 1. The highest BCUT2D eigenvalue weighted by Gasteiger charge is 2.32. The maximum absolute atomic E-state index is 11.9. The van der Waals surface area contributed by atoms with E-state index in [9.17, 15) is 9.59 Å². The van der Waals surface area contributed by atoms with E-state index < -0.39 is 0 Å². The molecule has 1 amide bonds. The standard InChI is InChI=1S/C14H15NO3/c1-18-13(17)7-9-5-10-3-2-4-15-12(16)8-11(6-9)14(10)15/h5-6H,2-4,7-8H2,1H3. The average Bonchev–Trinajstić information content (AvgIpc) is 2.68. The van der Waals surface area contributed by atoms with Crippen LogP contribution in [0.3, 0.4) is 0 Å². The normalized spacial score (nSPS) is 16.7. The van der Waals surface area contributed by atoms with E-state index in [1.54, 1.807) is 0 Å². The number of methoxy groups -OCH3 is 1. The Bertz CT molecular complexity index is 536. The molecule has 0 spiro atoms. The van der Waals surface area contributed by atoms with Gasteiger partial charge in [-0.3, -0.25) is 9.59 Å². The number of carbonyl (C=O) groups is 2. The van der Waals surface area contributed by atoms with Gasteiger partial charge in [0.15, 0.2) is 0 Å². The third kappa shape index (κ3) is 1.68. The predicted octanol–water partition coefficient (Wildman–Crippen LogP) is 1.24. The molecule has 4 nitrogen and oxygen atoms in total. The van der Waals surface area contributed by atoms with E-state index in [1.807, 2.05) is 17.0 Å². The number of benzene rings is 1. The minimum absolute atomic E-state index is 0.182. The summed E-state index contributed by atoms with van der Waals surface area (Å²) in [5, 5.41) is 0. The lowest BCUT2D eigenvalue weighted by Crippen LogP contribution is -2.31. The number of hydrogen-bond acceptors (Lipinski definition) is 3. The SMILES string of the molecule is COC(=O)Cc1cc2c3c(c1)CC(=O)N3CCC2. The smallest absolute Gasteiger partial charge is 0.309 e. The fourth-order valence-corrected chi connectivity index (χ4v) is 2.89. The Morgan fingerprint density at radius 2 is 2.17 bits per heavy atom. The molecular formula is C14H15NO3. The molecule has 0 unspecified atom stereocenters. The molecule has 0 atom stereocenters. The molecule has 1 aromatic carbocycles. The average molecular weight is 245 g/mol. The molecule has 94 valence electrons. The number of rotatable bonds is 2. The summed E-state index contributed by atoms with van der Waals surface area (Å²) in [4.78, 5) is 25.1. The monoisotopic (exact) mass is 245 g/mol. The Labute approximate surface area is 106 Å². The van der Waals surface area contributed by atoms with Crippen LogP contribution < -0.4 is 4.90 Å². The van der Waals surface area contributed by atoms with E-state index in [1.165, 1.54) is 12.7 Å². The first-order chi connectivity index (χ1) is 8.69. The van der Waals surface area contributed by atoms with E-state index in [2.05, 4.69) is 4.74 Å². The molecule has 2 heterocycles. The zero-order chi connectivity index (χ0) is 12.7. The van der Waals surface area contributed by atoms with Crippen molar-refractivity contribution in [3.05, 3.63) is 28.8 Å². The van der Waals surface area contributed by atoms with Gasteiger partial charge in [-0.15, -0.1) is 0 Å². The second-order valence-corrected chi connectivity index (χ2v) is 4.84. The van der Waals surface area contributed by atoms with E-state index in [0.717, 1.165) is 36.2 Å². The van der Waals surface area contributed by atoms with Crippen molar-refractivity contribution in [2.24, 2.45) is 0 Å². The highest BCUT2D eigenvalue weighted by Crippen LogP contribution is 2.37. The van der Waals surface area contributed by atoms with Crippen LogP contribution in [-0.2, 0) is 33.6 Å². The van der Waals surface area contributed by atoms with Gasteiger partial charge in [0.2, 0.25) is 5.91 Å². The highest BCUT2D eigenvalue weighted by molar-refractivity contribution is 6.02. The van der Waals surface area contributed by atoms with Crippen LogP contribution >= 0.6 is 0 Å². The molecule has 18 heavy (non-hydrogen) atoms. The van der Waals surface area contributed by atoms with Gasteiger partial charge in [-0.1, -0.05) is 12.1 Å². The Morgan fingerprint density at radius 1 is 1.39 bits per heavy atom. The van der Waals surface area contributed by atoms with Crippen molar-refractivity contribution in [2.75, 3.05) is 18.6 Å².